The Hall–Kier alpha value is -9.45. The predicted molar refractivity (Wildman–Crippen MR) is 546 cm³/mol. The minimum atomic E-state index is -0.368. The van der Waals surface area contributed by atoms with Crippen molar-refractivity contribution in [1.82, 2.24) is 43.6 Å². The van der Waals surface area contributed by atoms with Crippen LogP contribution in [0.1, 0.15) is 206 Å². The van der Waals surface area contributed by atoms with Gasteiger partial charge >= 0.3 is 0 Å². The van der Waals surface area contributed by atoms with Crippen molar-refractivity contribution in [1.29, 1.82) is 0 Å². The number of rotatable bonds is 29. The van der Waals surface area contributed by atoms with Crippen LogP contribution in [0.15, 0.2) is 237 Å². The average Bonchev–Trinajstić information content (AvgIpc) is 1.47. The van der Waals surface area contributed by atoms with Gasteiger partial charge in [0.2, 0.25) is 0 Å². The van der Waals surface area contributed by atoms with E-state index >= 15 is 0 Å². The van der Waals surface area contributed by atoms with E-state index in [1.54, 1.807) is 19.0 Å². The Bertz CT molecular complexity index is 6260. The van der Waals surface area contributed by atoms with E-state index in [2.05, 4.69) is 365 Å². The average molecular weight is 2330 g/mol. The van der Waals surface area contributed by atoms with Gasteiger partial charge in [-0.25, -0.2) is 15.0 Å². The predicted octanol–water partition coefficient (Wildman–Crippen LogP) is 26.9. The van der Waals surface area contributed by atoms with E-state index in [1.165, 1.54) is 95.2 Å². The molecule has 0 amide bonds. The zero-order valence-electron chi connectivity index (χ0n) is 81.8. The number of aromatic nitrogens is 9. The van der Waals surface area contributed by atoms with Crippen LogP contribution in [0.2, 0.25) is 0 Å². The first-order valence-corrected chi connectivity index (χ1v) is 47.5. The van der Waals surface area contributed by atoms with Crippen molar-refractivity contribution in [2.75, 3.05) is 0 Å². The van der Waals surface area contributed by atoms with Crippen molar-refractivity contribution in [3.63, 3.8) is 0 Å². The summed E-state index contributed by atoms with van der Waals surface area (Å²) < 4.78 is 6.97. The summed E-state index contributed by atoms with van der Waals surface area (Å²) in [5, 5.41) is 64.7. The second-order valence-corrected chi connectivity index (χ2v) is 37.9. The van der Waals surface area contributed by atoms with Gasteiger partial charge in [0, 0.05) is 111 Å². The zero-order valence-corrected chi connectivity index (χ0v) is 89.0. The first kappa shape index (κ1) is 110. The van der Waals surface area contributed by atoms with Crippen LogP contribution < -0.4 is 0 Å². The minimum Gasteiger partial charge on any atom is -0.393 e. The maximum atomic E-state index is 9.78. The molecule has 0 saturated heterocycles. The van der Waals surface area contributed by atoms with Gasteiger partial charge in [-0.05, 0) is 249 Å². The maximum Gasteiger partial charge on any atom is 0.106 e. The molecule has 18 heteroatoms. The molecule has 0 aliphatic rings. The molecule has 6 aromatic heterocycles. The second-order valence-electron chi connectivity index (χ2n) is 37.9. The summed E-state index contributed by atoms with van der Waals surface area (Å²) in [6.45, 7) is 39.8. The minimum absolute atomic E-state index is 0. The standard InChI is InChI=1S/C30H22N3.C27H24N3.C24H18N3.C15H32O2.C11H24O2.C9H20O2.3Ir/c1-20-12-13-21(2)25(16-20)28-18-27(31-19-32-28)22-14-15-30-26(17-22)24-10-6-7-11-29(24)33(30)23-8-4-3-5-9-23;1-4-8-21-16-24(29-17-28-21)20-13-14-26-23(15-20)22-11-5-6-12-25(22)30(26)27-18(2)9-7-10-19(27)3;1-16-17(2)25-15-26-24(16)18-12-13-23-21(14-18)20-10-6-7-11-22(20)27(23)19-8-4-3-5-9-19;1-12(2)7-5-9-14(16)11-15(17)10-6-8-13(3)4;1-8(2)5-10(12)7-11(13)6-9(3)4;1-6(2)8(10)5-9(11)7(3)4;;;/h3-13,15-19H,1-2H3;5-7,9-12,14-17H,4,8H2,1-3H3;3-11,13-15H,1-2H3;12-17H,5-11H2,1-4H3;8-13H,5-7H2,1-4H3;6-11H,5H2,1-4H3;;;/q3*-1;;;;;;. The fourth-order valence-corrected chi connectivity index (χ4v) is 17.1. The number of hydrogen-bond donors (Lipinski definition) is 6. The van der Waals surface area contributed by atoms with Crippen molar-refractivity contribution in [3.05, 3.63) is 295 Å². The Labute approximate surface area is 837 Å². The summed E-state index contributed by atoms with van der Waals surface area (Å²) in [5.74, 6) is 2.89. The summed E-state index contributed by atoms with van der Waals surface area (Å²) in [7, 11) is 0. The van der Waals surface area contributed by atoms with E-state index in [0.717, 1.165) is 136 Å². The summed E-state index contributed by atoms with van der Waals surface area (Å²) in [6.07, 6.45) is 14.2. The van der Waals surface area contributed by atoms with Gasteiger partial charge in [0.05, 0.1) is 42.3 Å². The first-order valence-electron chi connectivity index (χ1n) is 47.5. The van der Waals surface area contributed by atoms with Crippen LogP contribution in [0.3, 0.4) is 0 Å². The first-order chi connectivity index (χ1) is 62.9. The number of aryl methyl sites for hydroxylation is 6. The Morgan fingerprint density at radius 1 is 0.328 bits per heavy atom. The number of hydrogen-bond acceptors (Lipinski definition) is 12. The smallest absolute Gasteiger partial charge is 0.106 e. The number of para-hydroxylation sites is 6. The van der Waals surface area contributed by atoms with Crippen molar-refractivity contribution in [3.8, 4) is 62.1 Å². The summed E-state index contributed by atoms with van der Waals surface area (Å²) >= 11 is 0. The van der Waals surface area contributed by atoms with Gasteiger partial charge < -0.3 is 44.3 Å². The molecule has 3 radical (unpaired) electrons. The molecule has 6 unspecified atom stereocenters. The van der Waals surface area contributed by atoms with Crippen LogP contribution in [0.4, 0.5) is 0 Å². The number of fused-ring (bicyclic) bond motifs is 9. The summed E-state index contributed by atoms with van der Waals surface area (Å²) in [4.78, 5) is 26.9. The molecule has 0 fully saturated rings. The Morgan fingerprint density at radius 3 is 1.19 bits per heavy atom. The fraction of sp³-hybridized carbons (Fsp3) is 0.379. The number of aliphatic hydroxyl groups excluding tert-OH is 6. The quantitative estimate of drug-likeness (QED) is 0.0242. The molecular weight excluding hydrogens is 2190 g/mol. The third kappa shape index (κ3) is 29.8. The molecule has 134 heavy (non-hydrogen) atoms. The third-order valence-corrected chi connectivity index (χ3v) is 24.5. The normalized spacial score (nSPS) is 12.6. The molecule has 6 atom stereocenters. The molecular formula is C116H140Ir3N9O6-3. The zero-order chi connectivity index (χ0) is 94.1. The third-order valence-electron chi connectivity index (χ3n) is 24.5. The molecule has 0 saturated carbocycles. The Balaban J connectivity index is 0.000000205. The SMILES string of the molecule is CC(C)C(O)CC(O)C(C)C.CC(C)CC(O)CC(O)CC(C)C.CC(C)CCCC(O)CC(O)CCCC(C)C.CCCc1cc(-c2[c-]cc3c(c2)c2ccccc2n3-c2c(C)cccc2C)ncn1.Cc1ccc(C)c(-c2cc(-c3[c-]cc4c(c3)c3ccccc3n4-c3ccccc3)ncn2)c1.Cc1ncnc(-c2[c-]cc3c(c2)c2ccccc2n3-c2ccccc2)c1C.[Ir].[Ir].[Ir]. The van der Waals surface area contributed by atoms with Gasteiger partial charge in [-0.1, -0.05) is 277 Å². The largest absolute Gasteiger partial charge is 0.393 e. The van der Waals surface area contributed by atoms with Gasteiger partial charge in [-0.15, -0.1) is 71.3 Å². The molecule has 0 aliphatic heterocycles. The molecule has 6 N–H and O–H groups in total. The Kier molecular flexibility index (Phi) is 43.7. The molecule has 10 aromatic carbocycles. The molecule has 16 aromatic rings. The van der Waals surface area contributed by atoms with Crippen molar-refractivity contribution >= 4 is 65.4 Å². The Morgan fingerprint density at radius 2 is 0.731 bits per heavy atom. The van der Waals surface area contributed by atoms with Crippen molar-refractivity contribution < 1.29 is 91.0 Å². The summed E-state index contributed by atoms with van der Waals surface area (Å²) in [6, 6.07) is 87.0. The van der Waals surface area contributed by atoms with Gasteiger partial charge in [0.15, 0.2) is 0 Å². The van der Waals surface area contributed by atoms with E-state index in [-0.39, 0.29) is 109 Å². The molecule has 0 aliphatic carbocycles. The number of benzene rings is 10. The van der Waals surface area contributed by atoms with Gasteiger partial charge in [-0.2, -0.15) is 0 Å². The molecule has 16 rings (SSSR count). The van der Waals surface area contributed by atoms with Crippen molar-refractivity contribution in [2.45, 2.75) is 252 Å². The van der Waals surface area contributed by atoms with Crippen LogP contribution in [0.25, 0.3) is 128 Å². The molecule has 15 nitrogen and oxygen atoms in total. The van der Waals surface area contributed by atoms with Crippen LogP contribution in [-0.2, 0) is 66.7 Å². The molecule has 0 bridgehead atoms. The van der Waals surface area contributed by atoms with Gasteiger partial charge in [0.25, 0.3) is 0 Å². The second kappa shape index (κ2) is 53.3. The van der Waals surface area contributed by atoms with Crippen LogP contribution in [-0.4, -0.2) is 111 Å². The molecule has 6 heterocycles. The van der Waals surface area contributed by atoms with E-state index < -0.39 is 0 Å². The van der Waals surface area contributed by atoms with Gasteiger partial charge in [-0.3, -0.25) is 15.0 Å². The molecule has 0 spiro atoms. The monoisotopic (exact) mass is 2330 g/mol. The van der Waals surface area contributed by atoms with Crippen LogP contribution >= 0.6 is 0 Å². The summed E-state index contributed by atoms with van der Waals surface area (Å²) in [5.41, 5.74) is 26.5. The van der Waals surface area contributed by atoms with Crippen molar-refractivity contribution in [2.24, 2.45) is 35.5 Å². The van der Waals surface area contributed by atoms with E-state index in [1.807, 2.05) is 46.8 Å². The van der Waals surface area contributed by atoms with Gasteiger partial charge in [0.1, 0.15) is 19.0 Å². The van der Waals surface area contributed by atoms with E-state index in [4.69, 9.17) is 0 Å². The van der Waals surface area contributed by atoms with E-state index in [0.29, 0.717) is 42.9 Å². The fourth-order valence-electron chi connectivity index (χ4n) is 17.1. The van der Waals surface area contributed by atoms with Crippen LogP contribution in [0, 0.1) is 95.2 Å². The van der Waals surface area contributed by atoms with E-state index in [9.17, 15) is 30.6 Å². The topological polar surface area (TPSA) is 214 Å². The number of nitrogens with zero attached hydrogens (tertiary/aromatic N) is 9. The van der Waals surface area contributed by atoms with Crippen LogP contribution in [0.5, 0.6) is 0 Å². The maximum absolute atomic E-state index is 9.78. The number of aliphatic hydroxyl groups is 6. The molecule has 715 valence electrons.